The van der Waals surface area contributed by atoms with Crippen molar-refractivity contribution in [2.45, 2.75) is 57.6 Å². The molecule has 2 aliphatic rings. The Balaban J connectivity index is 1.43. The Hall–Kier alpha value is -3.18. The van der Waals surface area contributed by atoms with Gasteiger partial charge in [0.25, 0.3) is 0 Å². The number of hydrogen-bond acceptors (Lipinski definition) is 7. The van der Waals surface area contributed by atoms with Crippen LogP contribution in [0.4, 0.5) is 17.5 Å². The number of aromatic nitrogens is 2. The normalized spacial score (nSPS) is 24.1. The van der Waals surface area contributed by atoms with Crippen molar-refractivity contribution < 1.29 is 9.90 Å². The maximum Gasteiger partial charge on any atom is 0.232 e. The minimum atomic E-state index is -0.399. The number of carbonyl (C=O) groups excluding carboxylic acids is 1. The first-order chi connectivity index (χ1) is 14.9. The summed E-state index contributed by atoms with van der Waals surface area (Å²) >= 11 is 0. The van der Waals surface area contributed by atoms with Gasteiger partial charge in [-0.05, 0) is 37.3 Å². The molecule has 3 atom stereocenters. The largest absolute Gasteiger partial charge is 0.392 e. The molecule has 0 saturated heterocycles. The van der Waals surface area contributed by atoms with Crippen LogP contribution < -0.4 is 16.0 Å². The number of carbonyl (C=O) groups is 1. The molecule has 8 heteroatoms. The highest BCUT2D eigenvalue weighted by Crippen LogP contribution is 2.38. The first-order valence-electron chi connectivity index (χ1n) is 10.8. The molecule has 1 unspecified atom stereocenters. The summed E-state index contributed by atoms with van der Waals surface area (Å²) in [5.74, 6) is 0.673. The van der Waals surface area contributed by atoms with E-state index in [1.165, 1.54) is 6.20 Å². The quantitative estimate of drug-likeness (QED) is 0.566. The predicted octanol–water partition coefficient (Wildman–Crippen LogP) is 3.24. The second-order valence-corrected chi connectivity index (χ2v) is 8.88. The number of fused-ring (bicyclic) bond motifs is 1. The van der Waals surface area contributed by atoms with E-state index < -0.39 is 6.10 Å². The number of nitrogens with one attached hydrogen (secondary N) is 3. The van der Waals surface area contributed by atoms with Gasteiger partial charge < -0.3 is 21.1 Å². The molecule has 0 radical (unpaired) electrons. The summed E-state index contributed by atoms with van der Waals surface area (Å²) in [5.41, 5.74) is 1.92. The Morgan fingerprint density at radius 2 is 2.13 bits per heavy atom. The Kier molecular flexibility index (Phi) is 5.79. The van der Waals surface area contributed by atoms with E-state index in [9.17, 15) is 15.2 Å². The van der Waals surface area contributed by atoms with Gasteiger partial charge in [-0.2, -0.15) is 10.2 Å². The Morgan fingerprint density at radius 3 is 2.94 bits per heavy atom. The Bertz CT molecular complexity index is 1020. The van der Waals surface area contributed by atoms with Gasteiger partial charge in [-0.3, -0.25) is 4.79 Å². The summed E-state index contributed by atoms with van der Waals surface area (Å²) in [4.78, 5) is 21.0. The number of benzene rings is 1. The van der Waals surface area contributed by atoms with Crippen molar-refractivity contribution in [3.05, 3.63) is 41.6 Å². The van der Waals surface area contributed by atoms with Crippen molar-refractivity contribution in [2.24, 2.45) is 5.41 Å². The molecule has 1 aromatic carbocycles. The molecule has 4 N–H and O–H groups in total. The number of rotatable bonds is 6. The van der Waals surface area contributed by atoms with Crippen LogP contribution in [0.25, 0.3) is 0 Å². The molecule has 1 saturated carbocycles. The van der Waals surface area contributed by atoms with Gasteiger partial charge in [0.1, 0.15) is 17.5 Å². The highest BCUT2D eigenvalue weighted by molar-refractivity contribution is 6.02. The van der Waals surface area contributed by atoms with E-state index in [1.54, 1.807) is 0 Å². The lowest BCUT2D eigenvalue weighted by Gasteiger charge is -2.43. The number of hydrogen-bond donors (Lipinski definition) is 4. The number of nitrogens with zero attached hydrogens (tertiary/aromatic N) is 3. The number of anilines is 3. The second-order valence-electron chi connectivity index (χ2n) is 8.88. The van der Waals surface area contributed by atoms with Crippen LogP contribution in [-0.2, 0) is 4.79 Å². The minimum absolute atomic E-state index is 0.00388. The third-order valence-electron chi connectivity index (χ3n) is 6.57. The molecule has 1 amide bonds. The first kappa shape index (κ1) is 21.1. The minimum Gasteiger partial charge on any atom is -0.392 e. The van der Waals surface area contributed by atoms with Crippen LogP contribution in [0.15, 0.2) is 30.5 Å². The summed E-state index contributed by atoms with van der Waals surface area (Å²) in [6, 6.07) is 9.87. The van der Waals surface area contributed by atoms with Crippen molar-refractivity contribution in [2.75, 3.05) is 22.5 Å². The lowest BCUT2D eigenvalue weighted by atomic mass is 9.71. The number of amides is 1. The molecule has 4 rings (SSSR count). The zero-order chi connectivity index (χ0) is 22.0. The summed E-state index contributed by atoms with van der Waals surface area (Å²) in [7, 11) is 0. The van der Waals surface area contributed by atoms with Crippen molar-refractivity contribution >= 4 is 23.4 Å². The van der Waals surface area contributed by atoms with Gasteiger partial charge >= 0.3 is 0 Å². The van der Waals surface area contributed by atoms with Gasteiger partial charge in [-0.1, -0.05) is 32.0 Å². The highest BCUT2D eigenvalue weighted by atomic mass is 16.3. The molecule has 31 heavy (non-hydrogen) atoms. The molecule has 1 fully saturated rings. The third-order valence-corrected chi connectivity index (χ3v) is 6.57. The fourth-order valence-electron chi connectivity index (χ4n) is 4.46. The first-order valence-corrected chi connectivity index (χ1v) is 10.8. The van der Waals surface area contributed by atoms with Gasteiger partial charge in [0.15, 0.2) is 0 Å². The van der Waals surface area contributed by atoms with Crippen molar-refractivity contribution in [3.63, 3.8) is 0 Å². The lowest BCUT2D eigenvalue weighted by Crippen LogP contribution is -2.48. The molecule has 2 heterocycles. The van der Waals surface area contributed by atoms with Crippen LogP contribution in [0.1, 0.15) is 56.6 Å². The third kappa shape index (κ3) is 4.19. The van der Waals surface area contributed by atoms with Gasteiger partial charge in [-0.25, -0.2) is 4.98 Å². The standard InChI is InChI=1S/C23H28N6O2/c1-23(2)18(8-5-9-19(23)30)28-20-14(12-24)13-26-22(29-20)25-11-10-16-15-6-3-4-7-17(15)27-21(16)31/h3-4,6-7,13,16,18-19,30H,5,8-11H2,1-2H3,(H,27,31)(H2,25,26,28,29)/t16?,18-,19-/m1/s1. The molecule has 0 bridgehead atoms. The van der Waals surface area contributed by atoms with E-state index in [0.29, 0.717) is 30.3 Å². The maximum absolute atomic E-state index is 12.3. The second kappa shape index (κ2) is 8.52. The average Bonchev–Trinajstić information content (AvgIpc) is 3.07. The van der Waals surface area contributed by atoms with Crippen molar-refractivity contribution in [1.29, 1.82) is 5.26 Å². The number of nitriles is 1. The van der Waals surface area contributed by atoms with Crippen molar-refractivity contribution in [1.82, 2.24) is 9.97 Å². The molecule has 1 aliphatic carbocycles. The van der Waals surface area contributed by atoms with E-state index in [1.807, 2.05) is 38.1 Å². The molecule has 1 aliphatic heterocycles. The fourth-order valence-corrected chi connectivity index (χ4v) is 4.46. The van der Waals surface area contributed by atoms with Crippen LogP contribution in [0.5, 0.6) is 0 Å². The predicted molar refractivity (Wildman–Crippen MR) is 119 cm³/mol. The summed E-state index contributed by atoms with van der Waals surface area (Å²) in [6.07, 6.45) is 4.32. The average molecular weight is 421 g/mol. The van der Waals surface area contributed by atoms with E-state index in [0.717, 1.165) is 30.5 Å². The zero-order valence-electron chi connectivity index (χ0n) is 17.9. The molecule has 2 aromatic rings. The van der Waals surface area contributed by atoms with Crippen LogP contribution in [0.3, 0.4) is 0 Å². The van der Waals surface area contributed by atoms with Crippen molar-refractivity contribution in [3.8, 4) is 6.07 Å². The maximum atomic E-state index is 12.3. The Morgan fingerprint density at radius 1 is 1.32 bits per heavy atom. The van der Waals surface area contributed by atoms with Gasteiger partial charge in [0, 0.05) is 23.7 Å². The summed E-state index contributed by atoms with van der Waals surface area (Å²) in [5, 5.41) is 29.3. The van der Waals surface area contributed by atoms with Crippen LogP contribution in [0.2, 0.25) is 0 Å². The summed E-state index contributed by atoms with van der Waals surface area (Å²) in [6.45, 7) is 4.59. The van der Waals surface area contributed by atoms with Gasteiger partial charge in [0.2, 0.25) is 11.9 Å². The van der Waals surface area contributed by atoms with Crippen LogP contribution >= 0.6 is 0 Å². The molecule has 8 nitrogen and oxygen atoms in total. The highest BCUT2D eigenvalue weighted by Gasteiger charge is 2.40. The smallest absolute Gasteiger partial charge is 0.232 e. The van der Waals surface area contributed by atoms with Gasteiger partial charge in [-0.15, -0.1) is 0 Å². The number of aliphatic hydroxyl groups is 1. The van der Waals surface area contributed by atoms with E-state index in [4.69, 9.17) is 0 Å². The number of aliphatic hydroxyl groups excluding tert-OH is 1. The zero-order valence-corrected chi connectivity index (χ0v) is 17.9. The summed E-state index contributed by atoms with van der Waals surface area (Å²) < 4.78 is 0. The lowest BCUT2D eigenvalue weighted by molar-refractivity contribution is -0.117. The van der Waals surface area contributed by atoms with Crippen LogP contribution in [0, 0.1) is 16.7 Å². The van der Waals surface area contributed by atoms with Gasteiger partial charge in [0.05, 0.1) is 18.2 Å². The molecule has 1 aromatic heterocycles. The van der Waals surface area contributed by atoms with Crippen LogP contribution in [-0.4, -0.2) is 39.7 Å². The topological polar surface area (TPSA) is 123 Å². The Labute approximate surface area is 182 Å². The monoisotopic (exact) mass is 420 g/mol. The molecular weight excluding hydrogens is 392 g/mol. The molecular formula is C23H28N6O2. The SMILES string of the molecule is CC1(C)[C@H](O)CCC[C@H]1Nc1nc(NCCC2C(=O)Nc3ccccc32)ncc1C#N. The fraction of sp³-hybridized carbons (Fsp3) is 0.478. The van der Waals surface area contributed by atoms with E-state index >= 15 is 0 Å². The molecule has 0 spiro atoms. The van der Waals surface area contributed by atoms with E-state index in [-0.39, 0.29) is 23.3 Å². The molecule has 162 valence electrons. The van der Waals surface area contributed by atoms with E-state index in [2.05, 4.69) is 32.0 Å². The number of para-hydroxylation sites is 1.